The number of piperidine rings is 1. The summed E-state index contributed by atoms with van der Waals surface area (Å²) in [5.74, 6) is -0.455. The third-order valence-corrected chi connectivity index (χ3v) is 5.23. The average molecular weight is 332 g/mol. The molecule has 1 aliphatic rings. The van der Waals surface area contributed by atoms with Gasteiger partial charge in [-0.1, -0.05) is 24.3 Å². The summed E-state index contributed by atoms with van der Waals surface area (Å²) in [6.45, 7) is 2.12. The van der Waals surface area contributed by atoms with Crippen LogP contribution in [0.4, 0.5) is 0 Å². The van der Waals surface area contributed by atoms with Gasteiger partial charge >= 0.3 is 0 Å². The largest absolute Gasteiger partial charge is 0.366 e. The second-order valence-electron chi connectivity index (χ2n) is 7.07. The molecular formula is C19H21BN4O. The van der Waals surface area contributed by atoms with Gasteiger partial charge in [0.15, 0.2) is 0 Å². The lowest BCUT2D eigenvalue weighted by atomic mass is 9.60. The number of nitrogens with one attached hydrogen (secondary N) is 1. The summed E-state index contributed by atoms with van der Waals surface area (Å²) in [7, 11) is 2.31. The molecule has 1 atom stereocenters. The second kappa shape index (κ2) is 6.04. The number of carbonyl (C=O) groups excluding carboxylic acids is 1. The molecule has 0 aliphatic carbocycles. The van der Waals surface area contributed by atoms with Crippen molar-refractivity contribution in [1.29, 1.82) is 0 Å². The number of nitrogens with two attached hydrogens (primary N) is 1. The molecule has 4 rings (SSSR count). The molecule has 3 N–H and O–H groups in total. The molecule has 0 bridgehead atoms. The molecule has 126 valence electrons. The zero-order chi connectivity index (χ0) is 17.4. The van der Waals surface area contributed by atoms with E-state index in [2.05, 4.69) is 42.5 Å². The molecule has 2 heterocycles. The molecule has 3 aromatic rings. The maximum Gasteiger partial charge on any atom is 0.250 e. The highest BCUT2D eigenvalue weighted by Crippen LogP contribution is 2.28. The van der Waals surface area contributed by atoms with Crippen molar-refractivity contribution < 1.29 is 4.79 Å². The molecule has 0 saturated carbocycles. The van der Waals surface area contributed by atoms with Crippen LogP contribution >= 0.6 is 0 Å². The van der Waals surface area contributed by atoms with Gasteiger partial charge in [0.05, 0.1) is 11.3 Å². The van der Waals surface area contributed by atoms with Crippen LogP contribution in [0.2, 0.25) is 0 Å². The van der Waals surface area contributed by atoms with E-state index in [9.17, 15) is 4.79 Å². The highest BCUT2D eigenvalue weighted by Gasteiger charge is 2.28. The molecule has 1 fully saturated rings. The number of hydrogen-bond donors (Lipinski definition) is 2. The number of aromatic nitrogens is 2. The van der Waals surface area contributed by atoms with Crippen molar-refractivity contribution in [3.05, 3.63) is 59.8 Å². The first-order valence-corrected chi connectivity index (χ1v) is 8.67. The normalized spacial score (nSPS) is 20.6. The van der Waals surface area contributed by atoms with Gasteiger partial charge in [-0.25, -0.2) is 4.68 Å². The fourth-order valence-corrected chi connectivity index (χ4v) is 3.70. The average Bonchev–Trinajstić information content (AvgIpc) is 3.06. The van der Waals surface area contributed by atoms with Crippen LogP contribution in [0.3, 0.4) is 0 Å². The summed E-state index contributed by atoms with van der Waals surface area (Å²) < 4.78 is 1.81. The molecule has 6 heteroatoms. The van der Waals surface area contributed by atoms with Crippen LogP contribution in [0.25, 0.3) is 16.6 Å². The molecule has 1 amide bonds. The fraction of sp³-hybridized carbons (Fsp3) is 0.263. The van der Waals surface area contributed by atoms with E-state index in [1.807, 2.05) is 23.0 Å². The quantitative estimate of drug-likeness (QED) is 0.711. The summed E-state index contributed by atoms with van der Waals surface area (Å²) in [5.41, 5.74) is 8.86. The smallest absolute Gasteiger partial charge is 0.250 e. The van der Waals surface area contributed by atoms with E-state index >= 15 is 0 Å². The first-order valence-electron chi connectivity index (χ1n) is 8.67. The van der Waals surface area contributed by atoms with Gasteiger partial charge in [0.2, 0.25) is 0 Å². The maximum atomic E-state index is 11.6. The van der Waals surface area contributed by atoms with Gasteiger partial charge in [-0.2, -0.15) is 5.10 Å². The number of rotatable bonds is 3. The molecule has 2 aromatic carbocycles. The lowest BCUT2D eigenvalue weighted by Crippen LogP contribution is -2.43. The monoisotopic (exact) mass is 332 g/mol. The van der Waals surface area contributed by atoms with Crippen LogP contribution < -0.4 is 11.1 Å². The fourth-order valence-electron chi connectivity index (χ4n) is 3.70. The first-order chi connectivity index (χ1) is 12.1. The van der Waals surface area contributed by atoms with E-state index in [0.717, 1.165) is 24.2 Å². The van der Waals surface area contributed by atoms with Crippen LogP contribution in [0, 0.1) is 0 Å². The Hall–Kier alpha value is -2.60. The Kier molecular flexibility index (Phi) is 3.84. The minimum absolute atomic E-state index is 0.185. The predicted molar refractivity (Wildman–Crippen MR) is 102 cm³/mol. The molecule has 25 heavy (non-hydrogen) atoms. The minimum atomic E-state index is -0.455. The topological polar surface area (TPSA) is 72.9 Å². The Balaban J connectivity index is 1.69. The minimum Gasteiger partial charge on any atom is -0.366 e. The van der Waals surface area contributed by atoms with E-state index in [1.165, 1.54) is 18.4 Å². The molecule has 5 nitrogen and oxygen atoms in total. The van der Waals surface area contributed by atoms with Crippen molar-refractivity contribution in [3.8, 4) is 5.69 Å². The third-order valence-electron chi connectivity index (χ3n) is 5.23. The molecule has 1 aliphatic heterocycles. The molecule has 0 spiro atoms. The lowest BCUT2D eigenvalue weighted by Gasteiger charge is -2.35. The zero-order valence-electron chi connectivity index (χ0n) is 14.3. The Bertz CT molecular complexity index is 926. The zero-order valence-corrected chi connectivity index (χ0v) is 14.3. The molecular weight excluding hydrogens is 311 g/mol. The maximum absolute atomic E-state index is 11.6. The van der Waals surface area contributed by atoms with Crippen molar-refractivity contribution in [1.82, 2.24) is 15.1 Å². The van der Waals surface area contributed by atoms with Crippen molar-refractivity contribution in [3.63, 3.8) is 0 Å². The van der Waals surface area contributed by atoms with Crippen molar-refractivity contribution in [2.45, 2.75) is 18.2 Å². The van der Waals surface area contributed by atoms with E-state index in [1.54, 1.807) is 6.07 Å². The number of hydrogen-bond acceptors (Lipinski definition) is 3. The first kappa shape index (κ1) is 15.9. The van der Waals surface area contributed by atoms with Gasteiger partial charge in [-0.15, -0.1) is 0 Å². The Morgan fingerprint density at radius 1 is 1.24 bits per heavy atom. The van der Waals surface area contributed by atoms with Crippen molar-refractivity contribution in [2.75, 3.05) is 13.1 Å². The van der Waals surface area contributed by atoms with Gasteiger partial charge < -0.3 is 11.1 Å². The highest BCUT2D eigenvalue weighted by atomic mass is 16.1. The number of carbonyl (C=O) groups is 1. The van der Waals surface area contributed by atoms with E-state index in [4.69, 9.17) is 5.73 Å². The van der Waals surface area contributed by atoms with Crippen LogP contribution in [0.5, 0.6) is 0 Å². The molecule has 1 aromatic heterocycles. The molecule has 0 unspecified atom stereocenters. The molecule has 0 radical (unpaired) electrons. The summed E-state index contributed by atoms with van der Waals surface area (Å²) >= 11 is 0. The van der Waals surface area contributed by atoms with Gasteiger partial charge in [0.25, 0.3) is 5.91 Å². The second-order valence-corrected chi connectivity index (χ2v) is 7.07. The standard InChI is InChI=1S/C19H21BN4O/c20-19(9-2-10-22-12-19)14-5-7-15(8-6-14)24-11-13-3-1-4-16(18(21)25)17(13)23-24/h1,3-8,11,22H,2,9-10,12,20H2,(H2,21,25)/t19-/m0/s1. The van der Waals surface area contributed by atoms with E-state index in [-0.39, 0.29) is 5.31 Å². The SMILES string of the molecule is B[C@@]1(c2ccc(-n3cc4cccc(C(N)=O)c4n3)cc2)CCCNC1. The predicted octanol–water partition coefficient (Wildman–Crippen LogP) is 1.34. The van der Waals surface area contributed by atoms with E-state index in [0.29, 0.717) is 11.1 Å². The summed E-state index contributed by atoms with van der Waals surface area (Å²) in [5, 5.41) is 9.15. The van der Waals surface area contributed by atoms with Gasteiger partial charge in [-0.3, -0.25) is 4.79 Å². The third kappa shape index (κ3) is 2.83. The summed E-state index contributed by atoms with van der Waals surface area (Å²) in [6.07, 6.45) is 4.34. The van der Waals surface area contributed by atoms with Crippen molar-refractivity contribution >= 4 is 24.7 Å². The van der Waals surface area contributed by atoms with Crippen LogP contribution in [-0.2, 0) is 5.31 Å². The Labute approximate surface area is 147 Å². The summed E-state index contributed by atoms with van der Waals surface area (Å²) in [4.78, 5) is 11.6. The van der Waals surface area contributed by atoms with Crippen molar-refractivity contribution in [2.24, 2.45) is 5.73 Å². The summed E-state index contributed by atoms with van der Waals surface area (Å²) in [6, 6.07) is 14.0. The van der Waals surface area contributed by atoms with Gasteiger partial charge in [0.1, 0.15) is 13.4 Å². The Morgan fingerprint density at radius 3 is 2.72 bits per heavy atom. The lowest BCUT2D eigenvalue weighted by molar-refractivity contribution is 0.100. The highest BCUT2D eigenvalue weighted by molar-refractivity contribution is 6.16. The Morgan fingerprint density at radius 2 is 2.04 bits per heavy atom. The van der Waals surface area contributed by atoms with E-state index < -0.39 is 5.91 Å². The number of primary amides is 1. The molecule has 1 saturated heterocycles. The van der Waals surface area contributed by atoms with Crippen LogP contribution in [0.1, 0.15) is 28.8 Å². The van der Waals surface area contributed by atoms with Crippen LogP contribution in [-0.4, -0.2) is 36.6 Å². The van der Waals surface area contributed by atoms with Gasteiger partial charge in [-0.05, 0) is 55.0 Å². The number of fused-ring (bicyclic) bond motifs is 1. The number of nitrogens with zero attached hydrogens (tertiary/aromatic N) is 2. The number of benzene rings is 2. The number of amides is 1. The van der Waals surface area contributed by atoms with Gasteiger partial charge in [0, 0.05) is 11.6 Å². The van der Waals surface area contributed by atoms with Crippen LogP contribution in [0.15, 0.2) is 48.7 Å².